The number of hydrogen-bond acceptors (Lipinski definition) is 14. The minimum Gasteiger partial charge on any atom is -0.462 e. The monoisotopic (exact) mass is 695 g/mol. The molecule has 0 amide bonds. The normalized spacial score (nSPS) is 23.0. The van der Waals surface area contributed by atoms with Gasteiger partial charge in [0.2, 0.25) is 5.95 Å². The fourth-order valence-corrected chi connectivity index (χ4v) is 5.64. The molecule has 6 atom stereocenters. The van der Waals surface area contributed by atoms with Crippen molar-refractivity contribution in [3.05, 3.63) is 36.7 Å². The number of aliphatic hydroxyl groups excluding tert-OH is 1. The highest BCUT2D eigenvalue weighted by Gasteiger charge is 2.56. The summed E-state index contributed by atoms with van der Waals surface area (Å²) >= 11 is 0. The van der Waals surface area contributed by atoms with E-state index in [0.29, 0.717) is 11.3 Å². The zero-order valence-electron chi connectivity index (χ0n) is 24.8. The first-order valence-corrected chi connectivity index (χ1v) is 16.2. The van der Waals surface area contributed by atoms with Gasteiger partial charge in [0, 0.05) is 7.05 Å². The molecule has 21 heteroatoms. The Labute approximate surface area is 265 Å². The second kappa shape index (κ2) is 15.4. The van der Waals surface area contributed by atoms with Crippen LogP contribution in [-0.2, 0) is 33.8 Å². The second-order valence-electron chi connectivity index (χ2n) is 10.1. The van der Waals surface area contributed by atoms with Gasteiger partial charge in [-0.15, -0.1) is 0 Å². The lowest BCUT2D eigenvalue weighted by atomic mass is 9.98. The van der Waals surface area contributed by atoms with Crippen LogP contribution >= 0.6 is 7.75 Å². The molecule has 18 nitrogen and oxygen atoms in total. The van der Waals surface area contributed by atoms with E-state index in [9.17, 15) is 14.5 Å². The molecule has 0 radical (unpaired) electrons. The average molecular weight is 696 g/mol. The van der Waals surface area contributed by atoms with E-state index >= 15 is 4.39 Å². The number of ether oxygens (including phenoxy) is 2. The number of alkyl halides is 1. The molecule has 3 aromatic rings. The van der Waals surface area contributed by atoms with Crippen LogP contribution in [0.15, 0.2) is 36.7 Å². The summed E-state index contributed by atoms with van der Waals surface area (Å²) in [6, 6.07) is 7.05. The number of esters is 1. The topological polar surface area (TPSA) is 260 Å². The zero-order chi connectivity index (χ0) is 33.7. The molecule has 0 spiro atoms. The van der Waals surface area contributed by atoms with Gasteiger partial charge < -0.3 is 30.2 Å². The van der Waals surface area contributed by atoms with E-state index in [2.05, 4.69) is 25.4 Å². The number of carbonyl (C=O) groups is 1. The molecule has 1 fully saturated rings. The number of nitrogens with two attached hydrogens (primary N) is 1. The predicted molar refractivity (Wildman–Crippen MR) is 164 cm³/mol. The lowest BCUT2D eigenvalue weighted by Crippen LogP contribution is -2.41. The Morgan fingerprint density at radius 3 is 2.41 bits per heavy atom. The number of carbonyl (C=O) groups excluding carboxylic acids is 1. The highest BCUT2D eigenvalue weighted by Crippen LogP contribution is 2.48. The van der Waals surface area contributed by atoms with Gasteiger partial charge in [0.15, 0.2) is 28.9 Å². The number of nitrogens with one attached hydrogen (secondary N) is 2. The predicted octanol–water partition coefficient (Wildman–Crippen LogP) is 2.55. The quantitative estimate of drug-likeness (QED) is 0.0956. The van der Waals surface area contributed by atoms with Gasteiger partial charge in [0.25, 0.3) is 0 Å². The first kappa shape index (κ1) is 38.7. The second-order valence-corrected chi connectivity index (χ2v) is 12.7. The number of nitrogens with zero attached hydrogens (tertiary/aromatic N) is 4. The molecule has 1 unspecified atom stereocenters. The molecular formula is C25H39FN7O11PS. The molecule has 0 aliphatic carbocycles. The Kier molecular flexibility index (Phi) is 13.0. The van der Waals surface area contributed by atoms with E-state index in [1.165, 1.54) is 17.8 Å². The fourth-order valence-electron chi connectivity index (χ4n) is 4.14. The van der Waals surface area contributed by atoms with Crippen LogP contribution in [0.5, 0.6) is 5.75 Å². The number of hydrogen-bond donors (Lipinski definition) is 6. The molecule has 0 bridgehead atoms. The maximum Gasteiger partial charge on any atom is 0.459 e. The average Bonchev–Trinajstić information content (AvgIpc) is 3.43. The highest BCUT2D eigenvalue weighted by atomic mass is 32.3. The van der Waals surface area contributed by atoms with E-state index in [1.807, 2.05) is 0 Å². The number of aromatic nitrogens is 4. The summed E-state index contributed by atoms with van der Waals surface area (Å²) in [7, 11) is -7.33. The van der Waals surface area contributed by atoms with E-state index in [-0.39, 0.29) is 24.8 Å². The van der Waals surface area contributed by atoms with Crippen molar-refractivity contribution < 1.29 is 54.9 Å². The zero-order valence-corrected chi connectivity index (χ0v) is 26.5. The number of benzene rings is 1. The molecule has 1 saturated heterocycles. The van der Waals surface area contributed by atoms with E-state index in [1.54, 1.807) is 51.2 Å². The van der Waals surface area contributed by atoms with Gasteiger partial charge in [-0.1, -0.05) is 25.6 Å². The molecule has 46 heavy (non-hydrogen) atoms. The molecular weight excluding hydrogens is 656 g/mol. The van der Waals surface area contributed by atoms with Crippen LogP contribution in [0.4, 0.5) is 16.2 Å². The van der Waals surface area contributed by atoms with Crippen LogP contribution in [0, 0.1) is 0 Å². The van der Waals surface area contributed by atoms with Crippen molar-refractivity contribution >= 4 is 47.0 Å². The smallest absolute Gasteiger partial charge is 0.459 e. The van der Waals surface area contributed by atoms with Crippen molar-refractivity contribution in [1.29, 1.82) is 0 Å². The van der Waals surface area contributed by atoms with Gasteiger partial charge in [0.05, 0.1) is 19.0 Å². The number of rotatable bonds is 11. The standard InChI is InChI=1S/C24H33FN7O7P.CH4.H2O4S/c1-13(2)37-21(34)14(3)31-40(35,39-15-9-7-6-8-10-15)36-11-16-18(33)24(4,25)22(38-16)32-12-28-17-19(27-5)29-23(26)30-20(17)32;;1-5(2,3)4/h6-10,12-14,16,18,22,33H,11H2,1-5H3,(H,31,35)(H3,26,27,29,30);1H4;(H2,1,2,3,4)/t14-,16+,18?,22+,24-,40-;;/m0../s1. The summed E-state index contributed by atoms with van der Waals surface area (Å²) in [5, 5.41) is 16.2. The third kappa shape index (κ3) is 10.0. The molecule has 1 aliphatic rings. The van der Waals surface area contributed by atoms with Gasteiger partial charge in [-0.3, -0.25) is 23.0 Å². The van der Waals surface area contributed by atoms with Crippen molar-refractivity contribution in [2.45, 2.75) is 71.4 Å². The minimum absolute atomic E-state index is 0. The molecule has 2 aromatic heterocycles. The SMILES string of the molecule is C.CNc1nc(N)nc2c1ncn2[C@@H]1O[C@H](CO[P@@](=O)(N[C@@H](C)C(=O)OC(C)C)Oc2ccccc2)C(O)[C@]1(C)F.O=S(=O)(O)O. The summed E-state index contributed by atoms with van der Waals surface area (Å²) in [6.45, 7) is 5.37. The summed E-state index contributed by atoms with van der Waals surface area (Å²) in [5.74, 6) is -0.243. The number of anilines is 2. The van der Waals surface area contributed by atoms with E-state index in [4.69, 9.17) is 41.8 Å². The molecule has 0 saturated carbocycles. The molecule has 7 N–H and O–H groups in total. The minimum atomic E-state index is -4.67. The van der Waals surface area contributed by atoms with Gasteiger partial charge in [-0.05, 0) is 39.8 Å². The number of aliphatic hydroxyl groups is 1. The van der Waals surface area contributed by atoms with Gasteiger partial charge in [-0.25, -0.2) is 13.9 Å². The summed E-state index contributed by atoms with van der Waals surface area (Å²) < 4.78 is 84.8. The van der Waals surface area contributed by atoms with Crippen LogP contribution in [0.25, 0.3) is 11.2 Å². The van der Waals surface area contributed by atoms with Gasteiger partial charge >= 0.3 is 24.1 Å². The molecule has 1 aromatic carbocycles. The Morgan fingerprint density at radius 2 is 1.85 bits per heavy atom. The van der Waals surface area contributed by atoms with E-state index < -0.39 is 67.0 Å². The van der Waals surface area contributed by atoms with Crippen LogP contribution in [0.1, 0.15) is 41.3 Å². The largest absolute Gasteiger partial charge is 0.462 e. The van der Waals surface area contributed by atoms with Crippen LogP contribution in [0.2, 0.25) is 0 Å². The number of para-hydroxylation sites is 1. The maximum absolute atomic E-state index is 16.0. The van der Waals surface area contributed by atoms with E-state index in [0.717, 1.165) is 6.92 Å². The Bertz CT molecular complexity index is 1620. The Hall–Kier alpha value is -3.49. The first-order valence-electron chi connectivity index (χ1n) is 13.2. The molecule has 3 heterocycles. The Morgan fingerprint density at radius 1 is 1.24 bits per heavy atom. The lowest BCUT2D eigenvalue weighted by molar-refractivity contribution is -0.149. The van der Waals surface area contributed by atoms with Gasteiger partial charge in [-0.2, -0.15) is 23.5 Å². The number of halogens is 1. The summed E-state index contributed by atoms with van der Waals surface area (Å²) in [4.78, 5) is 24.8. The van der Waals surface area contributed by atoms with Crippen LogP contribution in [-0.4, -0.2) is 91.8 Å². The van der Waals surface area contributed by atoms with Gasteiger partial charge in [0.1, 0.15) is 24.0 Å². The summed E-state index contributed by atoms with van der Waals surface area (Å²) in [6.07, 6.45) is -3.52. The van der Waals surface area contributed by atoms with Crippen LogP contribution in [0.3, 0.4) is 0 Å². The Balaban J connectivity index is 0.00000114. The number of fused-ring (bicyclic) bond motifs is 1. The van der Waals surface area contributed by atoms with Crippen molar-refractivity contribution in [3.63, 3.8) is 0 Å². The maximum atomic E-state index is 16.0. The molecule has 4 rings (SSSR count). The number of imidazole rings is 1. The van der Waals surface area contributed by atoms with Crippen molar-refractivity contribution in [1.82, 2.24) is 24.6 Å². The van der Waals surface area contributed by atoms with Crippen molar-refractivity contribution in [2.24, 2.45) is 0 Å². The number of nitrogen functional groups attached to an aromatic ring is 1. The third-order valence-electron chi connectivity index (χ3n) is 6.08. The van der Waals surface area contributed by atoms with Crippen molar-refractivity contribution in [3.8, 4) is 5.75 Å². The summed E-state index contributed by atoms with van der Waals surface area (Å²) in [5.41, 5.74) is 3.94. The third-order valence-corrected chi connectivity index (χ3v) is 7.72. The molecule has 1 aliphatic heterocycles. The highest BCUT2D eigenvalue weighted by molar-refractivity contribution is 7.79. The lowest BCUT2D eigenvalue weighted by Gasteiger charge is -2.25. The first-order chi connectivity index (χ1) is 20.8. The fraction of sp³-hybridized carbons (Fsp3) is 0.520. The van der Waals surface area contributed by atoms with Crippen molar-refractivity contribution in [2.75, 3.05) is 24.7 Å². The molecule has 258 valence electrons. The van der Waals surface area contributed by atoms with Crippen LogP contribution < -0.4 is 20.7 Å².